The first-order chi connectivity index (χ1) is 12.8. The quantitative estimate of drug-likeness (QED) is 0.639. The van der Waals surface area contributed by atoms with E-state index in [1.165, 1.54) is 11.1 Å². The molecule has 3 aromatic rings. The predicted octanol–water partition coefficient (Wildman–Crippen LogP) is 4.15. The summed E-state index contributed by atoms with van der Waals surface area (Å²) in [6.45, 7) is 9.18. The van der Waals surface area contributed by atoms with Crippen molar-refractivity contribution in [2.75, 3.05) is 5.32 Å². The van der Waals surface area contributed by atoms with Crippen molar-refractivity contribution in [2.45, 2.75) is 47.2 Å². The molecule has 0 spiro atoms. The van der Waals surface area contributed by atoms with Crippen LogP contribution in [0.15, 0.2) is 34.9 Å². The largest absolute Gasteiger partial charge is 0.323 e. The number of nitrogens with zero attached hydrogens (tertiary/aromatic N) is 4. The number of nitrogens with one attached hydrogen (secondary N) is 1. The molecule has 0 unspecified atom stereocenters. The molecule has 0 radical (unpaired) electrons. The van der Waals surface area contributed by atoms with Crippen molar-refractivity contribution in [3.8, 4) is 0 Å². The van der Waals surface area contributed by atoms with Crippen LogP contribution < -0.4 is 5.32 Å². The summed E-state index contributed by atoms with van der Waals surface area (Å²) in [5.74, 6) is -0.0395. The second kappa shape index (κ2) is 8.08. The first-order valence-electron chi connectivity index (χ1n) is 8.92. The van der Waals surface area contributed by atoms with Crippen LogP contribution in [0.25, 0.3) is 0 Å². The van der Waals surface area contributed by atoms with E-state index in [4.69, 9.17) is 0 Å². The average molecular weight is 430 g/mol. The molecular formula is C20H24BrN5O. The van der Waals surface area contributed by atoms with Crippen molar-refractivity contribution >= 4 is 27.5 Å². The molecule has 0 saturated carbocycles. The zero-order valence-corrected chi connectivity index (χ0v) is 17.7. The fraction of sp³-hybridized carbons (Fsp3) is 0.350. The summed E-state index contributed by atoms with van der Waals surface area (Å²) < 4.78 is 4.71. The maximum atomic E-state index is 12.4. The van der Waals surface area contributed by atoms with Gasteiger partial charge in [0.2, 0.25) is 5.91 Å². The summed E-state index contributed by atoms with van der Waals surface area (Å²) in [5.41, 5.74) is 6.01. The molecular weight excluding hydrogens is 406 g/mol. The van der Waals surface area contributed by atoms with Crippen LogP contribution in [0.1, 0.15) is 34.6 Å². The number of benzene rings is 1. The van der Waals surface area contributed by atoms with Gasteiger partial charge in [0.25, 0.3) is 0 Å². The summed E-state index contributed by atoms with van der Waals surface area (Å²) in [4.78, 5) is 12.4. The smallest absolute Gasteiger partial charge is 0.226 e. The topological polar surface area (TPSA) is 64.7 Å². The minimum absolute atomic E-state index is 0.0395. The van der Waals surface area contributed by atoms with Gasteiger partial charge in [-0.25, -0.2) is 0 Å². The van der Waals surface area contributed by atoms with Gasteiger partial charge < -0.3 is 5.32 Å². The minimum Gasteiger partial charge on any atom is -0.323 e. The molecule has 0 aliphatic carbocycles. The SMILES string of the molecule is Cc1cccc(Cn2nc(C)c(NC(=O)CCn3ncc(Br)c3C)c2C)c1. The number of aromatic nitrogens is 4. The van der Waals surface area contributed by atoms with Crippen LogP contribution in [-0.4, -0.2) is 25.5 Å². The van der Waals surface area contributed by atoms with Crippen molar-refractivity contribution in [1.29, 1.82) is 0 Å². The number of carbonyl (C=O) groups excluding carboxylic acids is 1. The first kappa shape index (κ1) is 19.4. The van der Waals surface area contributed by atoms with Gasteiger partial charge in [0.1, 0.15) is 0 Å². The van der Waals surface area contributed by atoms with Gasteiger partial charge in [-0.3, -0.25) is 14.2 Å². The molecule has 142 valence electrons. The minimum atomic E-state index is -0.0395. The van der Waals surface area contributed by atoms with Crippen molar-refractivity contribution < 1.29 is 4.79 Å². The highest BCUT2D eigenvalue weighted by atomic mass is 79.9. The molecule has 0 aliphatic heterocycles. The van der Waals surface area contributed by atoms with E-state index in [1.807, 2.05) is 30.1 Å². The Bertz CT molecular complexity index is 973. The molecule has 3 rings (SSSR count). The second-order valence-electron chi connectivity index (χ2n) is 6.79. The highest BCUT2D eigenvalue weighted by molar-refractivity contribution is 9.10. The van der Waals surface area contributed by atoms with Gasteiger partial charge in [0.15, 0.2) is 0 Å². The van der Waals surface area contributed by atoms with E-state index < -0.39 is 0 Å². The lowest BCUT2D eigenvalue weighted by atomic mass is 10.1. The normalized spacial score (nSPS) is 11.0. The highest BCUT2D eigenvalue weighted by Crippen LogP contribution is 2.21. The van der Waals surface area contributed by atoms with Crippen LogP contribution in [0.3, 0.4) is 0 Å². The van der Waals surface area contributed by atoms with Crippen molar-refractivity contribution in [3.63, 3.8) is 0 Å². The third kappa shape index (κ3) is 4.47. The molecule has 6 nitrogen and oxygen atoms in total. The third-order valence-corrected chi connectivity index (χ3v) is 5.43. The predicted molar refractivity (Wildman–Crippen MR) is 110 cm³/mol. The first-order valence-corrected chi connectivity index (χ1v) is 9.71. The van der Waals surface area contributed by atoms with Crippen LogP contribution in [-0.2, 0) is 17.9 Å². The van der Waals surface area contributed by atoms with Crippen molar-refractivity contribution in [2.24, 2.45) is 0 Å². The molecule has 0 bridgehead atoms. The zero-order chi connectivity index (χ0) is 19.6. The Labute approximate surface area is 167 Å². The lowest BCUT2D eigenvalue weighted by molar-refractivity contribution is -0.116. The number of anilines is 1. The zero-order valence-electron chi connectivity index (χ0n) is 16.1. The summed E-state index contributed by atoms with van der Waals surface area (Å²) in [5, 5.41) is 11.9. The number of hydrogen-bond acceptors (Lipinski definition) is 3. The van der Waals surface area contributed by atoms with Gasteiger partial charge in [-0.15, -0.1) is 0 Å². The maximum absolute atomic E-state index is 12.4. The number of rotatable bonds is 6. The van der Waals surface area contributed by atoms with Crippen molar-refractivity contribution in [1.82, 2.24) is 19.6 Å². The summed E-state index contributed by atoms with van der Waals surface area (Å²) in [6, 6.07) is 8.37. The fourth-order valence-electron chi connectivity index (χ4n) is 3.07. The number of halogens is 1. The number of aryl methyl sites for hydroxylation is 3. The third-order valence-electron chi connectivity index (χ3n) is 4.65. The Balaban J connectivity index is 1.67. The Hall–Kier alpha value is -2.41. The Kier molecular flexibility index (Phi) is 5.79. The number of amides is 1. The molecule has 1 N–H and O–H groups in total. The molecule has 1 amide bonds. The van der Waals surface area contributed by atoms with Crippen LogP contribution >= 0.6 is 15.9 Å². The molecule has 0 atom stereocenters. The monoisotopic (exact) mass is 429 g/mol. The Morgan fingerprint density at radius 3 is 2.59 bits per heavy atom. The van der Waals surface area contributed by atoms with Crippen LogP contribution in [0, 0.1) is 27.7 Å². The molecule has 27 heavy (non-hydrogen) atoms. The molecule has 0 fully saturated rings. The van der Waals surface area contributed by atoms with E-state index in [9.17, 15) is 4.79 Å². The summed E-state index contributed by atoms with van der Waals surface area (Å²) >= 11 is 3.44. The van der Waals surface area contributed by atoms with E-state index in [2.05, 4.69) is 62.6 Å². The van der Waals surface area contributed by atoms with Gasteiger partial charge in [-0.05, 0) is 49.2 Å². The average Bonchev–Trinajstić information content (AvgIpc) is 3.07. The van der Waals surface area contributed by atoms with Gasteiger partial charge in [-0.2, -0.15) is 10.2 Å². The number of carbonyl (C=O) groups is 1. The summed E-state index contributed by atoms with van der Waals surface area (Å²) in [6.07, 6.45) is 2.10. The van der Waals surface area contributed by atoms with E-state index in [0.29, 0.717) is 19.5 Å². The standard InChI is InChI=1S/C20H24BrN5O/c1-13-6-5-7-17(10-13)12-26-16(4)20(14(2)24-26)23-19(27)8-9-25-15(3)18(21)11-22-25/h5-7,10-11H,8-9,12H2,1-4H3,(H,23,27). The number of hydrogen-bond donors (Lipinski definition) is 1. The Morgan fingerprint density at radius 2 is 1.93 bits per heavy atom. The molecule has 7 heteroatoms. The lowest BCUT2D eigenvalue weighted by Crippen LogP contribution is -2.16. The van der Waals surface area contributed by atoms with E-state index in [0.717, 1.165) is 27.2 Å². The van der Waals surface area contributed by atoms with Gasteiger partial charge >= 0.3 is 0 Å². The Morgan fingerprint density at radius 1 is 1.15 bits per heavy atom. The molecule has 2 heterocycles. The van der Waals surface area contributed by atoms with Crippen LogP contribution in [0.2, 0.25) is 0 Å². The second-order valence-corrected chi connectivity index (χ2v) is 7.65. The van der Waals surface area contributed by atoms with Crippen molar-refractivity contribution in [3.05, 3.63) is 63.1 Å². The molecule has 0 aliphatic rings. The molecule has 1 aromatic carbocycles. The maximum Gasteiger partial charge on any atom is 0.226 e. The molecule has 2 aromatic heterocycles. The lowest BCUT2D eigenvalue weighted by Gasteiger charge is -2.08. The summed E-state index contributed by atoms with van der Waals surface area (Å²) in [7, 11) is 0. The van der Waals surface area contributed by atoms with Gasteiger partial charge in [-0.1, -0.05) is 29.8 Å². The highest BCUT2D eigenvalue weighted by Gasteiger charge is 2.15. The molecule has 0 saturated heterocycles. The van der Waals surface area contributed by atoms with Crippen LogP contribution in [0.4, 0.5) is 5.69 Å². The van der Waals surface area contributed by atoms with E-state index in [1.54, 1.807) is 6.20 Å². The van der Waals surface area contributed by atoms with Gasteiger partial charge in [0, 0.05) is 12.1 Å². The van der Waals surface area contributed by atoms with Gasteiger partial charge in [0.05, 0.1) is 40.8 Å². The van der Waals surface area contributed by atoms with Crippen LogP contribution in [0.5, 0.6) is 0 Å². The fourth-order valence-corrected chi connectivity index (χ4v) is 3.37. The van der Waals surface area contributed by atoms with E-state index >= 15 is 0 Å². The van der Waals surface area contributed by atoms with E-state index in [-0.39, 0.29) is 5.91 Å².